The van der Waals surface area contributed by atoms with E-state index in [4.69, 9.17) is 17.3 Å². The average molecular weight is 378 g/mol. The number of amides is 2. The van der Waals surface area contributed by atoms with Gasteiger partial charge in [0.15, 0.2) is 0 Å². The Morgan fingerprint density at radius 2 is 1.88 bits per heavy atom. The SMILES string of the molecule is NCCCN(Cc1cc(NC(=O)C2CCCC2)ccc1Cl)C(=O)C1CC1. The van der Waals surface area contributed by atoms with Crippen LogP contribution in [0.15, 0.2) is 18.2 Å². The summed E-state index contributed by atoms with van der Waals surface area (Å²) in [4.78, 5) is 26.7. The van der Waals surface area contributed by atoms with Crippen LogP contribution in [0.5, 0.6) is 0 Å². The first kappa shape index (κ1) is 19.2. The molecule has 1 aromatic carbocycles. The third kappa shape index (κ3) is 4.98. The number of carbonyl (C=O) groups is 2. The van der Waals surface area contributed by atoms with E-state index in [1.54, 1.807) is 6.07 Å². The minimum absolute atomic E-state index is 0.0878. The number of anilines is 1. The van der Waals surface area contributed by atoms with E-state index < -0.39 is 0 Å². The molecule has 0 aliphatic heterocycles. The number of hydrogen-bond donors (Lipinski definition) is 2. The van der Waals surface area contributed by atoms with Crippen LogP contribution in [0, 0.1) is 11.8 Å². The number of benzene rings is 1. The summed E-state index contributed by atoms with van der Waals surface area (Å²) in [5.41, 5.74) is 7.23. The van der Waals surface area contributed by atoms with E-state index in [2.05, 4.69) is 5.32 Å². The van der Waals surface area contributed by atoms with Crippen molar-refractivity contribution in [1.29, 1.82) is 0 Å². The van der Waals surface area contributed by atoms with Gasteiger partial charge in [-0.05, 0) is 62.4 Å². The second-order valence-corrected chi connectivity index (χ2v) is 7.86. The maximum atomic E-state index is 12.5. The largest absolute Gasteiger partial charge is 0.338 e. The van der Waals surface area contributed by atoms with Gasteiger partial charge in [0.1, 0.15) is 0 Å². The van der Waals surface area contributed by atoms with Gasteiger partial charge < -0.3 is 16.0 Å². The molecule has 3 rings (SSSR count). The smallest absolute Gasteiger partial charge is 0.227 e. The van der Waals surface area contributed by atoms with Gasteiger partial charge in [0.05, 0.1) is 0 Å². The van der Waals surface area contributed by atoms with Crippen LogP contribution in [0.3, 0.4) is 0 Å². The second kappa shape index (κ2) is 8.87. The summed E-state index contributed by atoms with van der Waals surface area (Å²) < 4.78 is 0. The quantitative estimate of drug-likeness (QED) is 0.727. The van der Waals surface area contributed by atoms with Gasteiger partial charge in [0, 0.05) is 35.6 Å². The predicted molar refractivity (Wildman–Crippen MR) is 104 cm³/mol. The van der Waals surface area contributed by atoms with Crippen LogP contribution in [-0.2, 0) is 16.1 Å². The molecule has 2 saturated carbocycles. The summed E-state index contributed by atoms with van der Waals surface area (Å²) in [7, 11) is 0. The molecule has 0 bridgehead atoms. The highest BCUT2D eigenvalue weighted by molar-refractivity contribution is 6.31. The lowest BCUT2D eigenvalue weighted by Gasteiger charge is -2.23. The topological polar surface area (TPSA) is 75.4 Å². The van der Waals surface area contributed by atoms with Gasteiger partial charge in [-0.25, -0.2) is 0 Å². The Kier molecular flexibility index (Phi) is 6.54. The number of nitrogens with one attached hydrogen (secondary N) is 1. The number of carbonyl (C=O) groups excluding carboxylic acids is 2. The van der Waals surface area contributed by atoms with Crippen LogP contribution in [0.25, 0.3) is 0 Å². The summed E-state index contributed by atoms with van der Waals surface area (Å²) >= 11 is 6.36. The summed E-state index contributed by atoms with van der Waals surface area (Å²) in [6.45, 7) is 1.65. The molecule has 0 aromatic heterocycles. The monoisotopic (exact) mass is 377 g/mol. The van der Waals surface area contributed by atoms with Crippen LogP contribution < -0.4 is 11.1 Å². The minimum atomic E-state index is 0.0878. The van der Waals surface area contributed by atoms with Gasteiger partial charge in [-0.1, -0.05) is 24.4 Å². The van der Waals surface area contributed by atoms with E-state index in [1.165, 1.54) is 0 Å². The standard InChI is InChI=1S/C20H28ClN3O2/c21-18-9-8-17(23-19(25)14-4-1-2-5-14)12-16(18)13-24(11-3-10-22)20(26)15-6-7-15/h8-9,12,14-15H,1-7,10-11,13,22H2,(H,23,25). The Labute approximate surface area is 160 Å². The van der Waals surface area contributed by atoms with E-state index in [1.807, 2.05) is 17.0 Å². The Balaban J connectivity index is 1.68. The Morgan fingerprint density at radius 1 is 1.15 bits per heavy atom. The van der Waals surface area contributed by atoms with Crippen molar-refractivity contribution in [2.75, 3.05) is 18.4 Å². The third-order valence-corrected chi connectivity index (χ3v) is 5.64. The molecule has 0 spiro atoms. The number of rotatable bonds is 8. The minimum Gasteiger partial charge on any atom is -0.338 e. The lowest BCUT2D eigenvalue weighted by molar-refractivity contribution is -0.133. The Hall–Kier alpha value is -1.59. The highest BCUT2D eigenvalue weighted by Crippen LogP contribution is 2.32. The molecule has 2 amide bonds. The summed E-state index contributed by atoms with van der Waals surface area (Å²) in [5.74, 6) is 0.558. The summed E-state index contributed by atoms with van der Waals surface area (Å²) in [5, 5.41) is 3.63. The zero-order chi connectivity index (χ0) is 18.5. The highest BCUT2D eigenvalue weighted by atomic mass is 35.5. The molecule has 2 aliphatic carbocycles. The van der Waals surface area contributed by atoms with Gasteiger partial charge in [-0.15, -0.1) is 0 Å². The van der Waals surface area contributed by atoms with E-state index in [9.17, 15) is 9.59 Å². The van der Waals surface area contributed by atoms with Crippen LogP contribution >= 0.6 is 11.6 Å². The molecule has 142 valence electrons. The lowest BCUT2D eigenvalue weighted by atomic mass is 10.1. The van der Waals surface area contributed by atoms with Crippen molar-refractivity contribution in [2.45, 2.75) is 51.5 Å². The fraction of sp³-hybridized carbons (Fsp3) is 0.600. The van der Waals surface area contributed by atoms with Crippen molar-refractivity contribution in [3.63, 3.8) is 0 Å². The molecule has 0 radical (unpaired) electrons. The molecule has 6 heteroatoms. The summed E-state index contributed by atoms with van der Waals surface area (Å²) in [6, 6.07) is 5.51. The number of hydrogen-bond acceptors (Lipinski definition) is 3. The normalized spacial score (nSPS) is 17.3. The zero-order valence-electron chi connectivity index (χ0n) is 15.2. The predicted octanol–water partition coefficient (Wildman–Crippen LogP) is 3.56. The van der Waals surface area contributed by atoms with E-state index in [-0.39, 0.29) is 23.7 Å². The Morgan fingerprint density at radius 3 is 2.54 bits per heavy atom. The lowest BCUT2D eigenvalue weighted by Crippen LogP contribution is -2.33. The van der Waals surface area contributed by atoms with Crippen LogP contribution in [-0.4, -0.2) is 29.8 Å². The van der Waals surface area contributed by atoms with Crippen LogP contribution in [0.2, 0.25) is 5.02 Å². The molecule has 0 atom stereocenters. The first-order chi connectivity index (χ1) is 12.6. The van der Waals surface area contributed by atoms with Crippen molar-refractivity contribution in [2.24, 2.45) is 17.6 Å². The van der Waals surface area contributed by atoms with Gasteiger partial charge >= 0.3 is 0 Å². The van der Waals surface area contributed by atoms with Crippen LogP contribution in [0.4, 0.5) is 5.69 Å². The van der Waals surface area contributed by atoms with E-state index >= 15 is 0 Å². The molecule has 0 unspecified atom stereocenters. The van der Waals surface area contributed by atoms with Crippen LogP contribution in [0.1, 0.15) is 50.5 Å². The molecule has 2 aliphatic rings. The molecular weight excluding hydrogens is 350 g/mol. The zero-order valence-corrected chi connectivity index (χ0v) is 15.9. The van der Waals surface area contributed by atoms with Gasteiger partial charge in [-0.3, -0.25) is 9.59 Å². The molecule has 3 N–H and O–H groups in total. The molecular formula is C20H28ClN3O2. The number of halogens is 1. The van der Waals surface area contributed by atoms with Crippen molar-refractivity contribution in [1.82, 2.24) is 4.90 Å². The van der Waals surface area contributed by atoms with Crippen molar-refractivity contribution >= 4 is 29.1 Å². The molecule has 0 heterocycles. The maximum Gasteiger partial charge on any atom is 0.227 e. The van der Waals surface area contributed by atoms with Gasteiger partial charge in [-0.2, -0.15) is 0 Å². The third-order valence-electron chi connectivity index (χ3n) is 5.27. The number of nitrogens with two attached hydrogens (primary N) is 1. The van der Waals surface area contributed by atoms with Gasteiger partial charge in [0.2, 0.25) is 11.8 Å². The molecule has 26 heavy (non-hydrogen) atoms. The second-order valence-electron chi connectivity index (χ2n) is 7.45. The molecule has 1 aromatic rings. The maximum absolute atomic E-state index is 12.5. The van der Waals surface area contributed by atoms with Crippen molar-refractivity contribution in [3.05, 3.63) is 28.8 Å². The fourth-order valence-electron chi connectivity index (χ4n) is 3.55. The fourth-order valence-corrected chi connectivity index (χ4v) is 3.73. The first-order valence-electron chi connectivity index (χ1n) is 9.66. The average Bonchev–Trinajstić information content (AvgIpc) is 3.34. The summed E-state index contributed by atoms with van der Waals surface area (Å²) in [6.07, 6.45) is 6.91. The highest BCUT2D eigenvalue weighted by Gasteiger charge is 2.33. The first-order valence-corrected chi connectivity index (χ1v) is 10.0. The molecule has 5 nitrogen and oxygen atoms in total. The van der Waals surface area contributed by atoms with E-state index in [0.717, 1.165) is 56.2 Å². The number of nitrogens with zero attached hydrogens (tertiary/aromatic N) is 1. The Bertz CT molecular complexity index is 654. The van der Waals surface area contributed by atoms with Crippen molar-refractivity contribution < 1.29 is 9.59 Å². The molecule has 0 saturated heterocycles. The van der Waals surface area contributed by atoms with Gasteiger partial charge in [0.25, 0.3) is 0 Å². The molecule has 2 fully saturated rings. The van der Waals surface area contributed by atoms with Crippen molar-refractivity contribution in [3.8, 4) is 0 Å². The van der Waals surface area contributed by atoms with E-state index in [0.29, 0.717) is 24.7 Å².